The molecular formula is C47H60F2N6O5SSi. The van der Waals surface area contributed by atoms with Gasteiger partial charge in [-0.05, 0) is 108 Å². The predicted octanol–water partition coefficient (Wildman–Crippen LogP) is 11.5. The van der Waals surface area contributed by atoms with Gasteiger partial charge in [0, 0.05) is 23.2 Å². The lowest BCUT2D eigenvalue weighted by molar-refractivity contribution is 0.000925. The standard InChI is InChI=1S/C47H60F2N6O5SSi/c1-24(2)62(25(3)4,26(5)6)20-19-31-33(48)17-15-28-21-29(50-44(56)59-46(8,9)10)22-32(35(28)31)38-37(49)39-36-41(53-43(52-39)61-14)54-23-30-16-18-34(40(54)27(7)58-42(36)51-38)55(30)45(57)60-47(11,12)13/h15,17,21-22,24-27,30,34,40H,16,18,23H2,1-14H3,(H,50,56)/t27-,30+,34-,40+/m0/s1. The van der Waals surface area contributed by atoms with Crippen molar-refractivity contribution in [2.24, 2.45) is 0 Å². The molecule has 0 saturated carbocycles. The van der Waals surface area contributed by atoms with Crippen LogP contribution in [-0.4, -0.2) is 88.3 Å². The first-order chi connectivity index (χ1) is 28.9. The van der Waals surface area contributed by atoms with Gasteiger partial charge in [-0.15, -0.1) is 5.54 Å². The van der Waals surface area contributed by atoms with Gasteiger partial charge < -0.3 is 19.1 Å². The number of halogens is 2. The van der Waals surface area contributed by atoms with E-state index in [9.17, 15) is 9.59 Å². The third-order valence-electron chi connectivity index (χ3n) is 12.5. The van der Waals surface area contributed by atoms with Crippen LogP contribution < -0.4 is 15.0 Å². The summed E-state index contributed by atoms with van der Waals surface area (Å²) in [7, 11) is -2.37. The van der Waals surface area contributed by atoms with Gasteiger partial charge in [-0.25, -0.2) is 33.3 Å². The molecule has 15 heteroatoms. The second kappa shape index (κ2) is 16.5. The number of piperazine rings is 1. The molecule has 2 bridgehead atoms. The molecule has 2 saturated heterocycles. The lowest BCUT2D eigenvalue weighted by atomic mass is 9.95. The number of rotatable bonds is 6. The molecule has 3 aliphatic rings. The van der Waals surface area contributed by atoms with Crippen LogP contribution in [0, 0.1) is 23.1 Å². The summed E-state index contributed by atoms with van der Waals surface area (Å²) in [5.74, 6) is 2.59. The minimum absolute atomic E-state index is 0.0114. The van der Waals surface area contributed by atoms with E-state index >= 15 is 8.78 Å². The highest BCUT2D eigenvalue weighted by molar-refractivity contribution is 7.98. The molecule has 3 aliphatic heterocycles. The molecule has 5 heterocycles. The minimum atomic E-state index is -2.37. The maximum atomic E-state index is 17.9. The van der Waals surface area contributed by atoms with Crippen molar-refractivity contribution in [2.75, 3.05) is 23.0 Å². The molecule has 2 fully saturated rings. The van der Waals surface area contributed by atoms with E-state index < -0.39 is 43.1 Å². The third kappa shape index (κ3) is 8.17. The summed E-state index contributed by atoms with van der Waals surface area (Å²) in [4.78, 5) is 45.6. The molecule has 2 aromatic carbocycles. The Hall–Kier alpha value is -4.68. The van der Waals surface area contributed by atoms with Gasteiger partial charge in [0.2, 0.25) is 5.88 Å². The zero-order chi connectivity index (χ0) is 45.4. The van der Waals surface area contributed by atoms with Gasteiger partial charge in [0.05, 0.1) is 23.7 Å². The first-order valence-electron chi connectivity index (χ1n) is 21.6. The number of amides is 2. The number of nitrogens with zero attached hydrogens (tertiary/aromatic N) is 5. The molecule has 62 heavy (non-hydrogen) atoms. The first-order valence-corrected chi connectivity index (χ1v) is 25.1. The smallest absolute Gasteiger partial charge is 0.412 e. The summed E-state index contributed by atoms with van der Waals surface area (Å²) in [5, 5.41) is 4.31. The summed E-state index contributed by atoms with van der Waals surface area (Å²) >= 11 is 1.28. The zero-order valence-electron chi connectivity index (χ0n) is 38.4. The number of anilines is 2. The van der Waals surface area contributed by atoms with Crippen LogP contribution in [0.25, 0.3) is 32.9 Å². The van der Waals surface area contributed by atoms with E-state index in [1.165, 1.54) is 17.8 Å². The Morgan fingerprint density at radius 1 is 0.935 bits per heavy atom. The molecule has 11 nitrogen and oxygen atoms in total. The summed E-state index contributed by atoms with van der Waals surface area (Å²) in [6.45, 7) is 26.3. The quantitative estimate of drug-likeness (QED) is 0.0867. The van der Waals surface area contributed by atoms with Gasteiger partial charge in [-0.1, -0.05) is 65.3 Å². The topological polar surface area (TPSA) is 119 Å². The van der Waals surface area contributed by atoms with Gasteiger partial charge >= 0.3 is 12.2 Å². The number of fused-ring (bicyclic) bond motifs is 6. The monoisotopic (exact) mass is 886 g/mol. The maximum Gasteiger partial charge on any atom is 0.412 e. The van der Waals surface area contributed by atoms with Crippen molar-refractivity contribution in [1.29, 1.82) is 0 Å². The number of carbonyl (C=O) groups is 2. The normalized spacial score (nSPS) is 20.0. The number of thioether (sulfide) groups is 1. The van der Waals surface area contributed by atoms with Crippen molar-refractivity contribution in [3.63, 3.8) is 0 Å². The second-order valence-electron chi connectivity index (χ2n) is 19.8. The van der Waals surface area contributed by atoms with Gasteiger partial charge in [-0.3, -0.25) is 10.2 Å². The van der Waals surface area contributed by atoms with Gasteiger partial charge in [0.25, 0.3) is 0 Å². The van der Waals surface area contributed by atoms with Crippen molar-refractivity contribution in [1.82, 2.24) is 19.9 Å². The van der Waals surface area contributed by atoms with Crippen LogP contribution in [0.3, 0.4) is 0 Å². The summed E-state index contributed by atoms with van der Waals surface area (Å²) in [6.07, 6.45) is 1.67. The van der Waals surface area contributed by atoms with E-state index in [2.05, 4.69) is 63.2 Å². The van der Waals surface area contributed by atoms with Crippen LogP contribution in [0.4, 0.5) is 29.9 Å². The fourth-order valence-corrected chi connectivity index (χ4v) is 15.7. The van der Waals surface area contributed by atoms with Gasteiger partial charge in [-0.2, -0.15) is 0 Å². The number of hydrogen-bond acceptors (Lipinski definition) is 10. The van der Waals surface area contributed by atoms with E-state index in [4.69, 9.17) is 29.2 Å². The molecule has 0 aliphatic carbocycles. The van der Waals surface area contributed by atoms with E-state index in [1.54, 1.807) is 39.0 Å². The van der Waals surface area contributed by atoms with E-state index in [1.807, 2.05) is 38.9 Å². The Morgan fingerprint density at radius 3 is 2.21 bits per heavy atom. The lowest BCUT2D eigenvalue weighted by Gasteiger charge is -2.48. The van der Waals surface area contributed by atoms with Crippen molar-refractivity contribution < 1.29 is 32.6 Å². The molecule has 1 N–H and O–H groups in total. The molecule has 7 rings (SSSR count). The number of carbonyl (C=O) groups excluding carboxylic acids is 2. The highest BCUT2D eigenvalue weighted by Crippen LogP contribution is 2.48. The third-order valence-corrected chi connectivity index (χ3v) is 19.3. The zero-order valence-corrected chi connectivity index (χ0v) is 40.2. The van der Waals surface area contributed by atoms with E-state index in [0.29, 0.717) is 33.7 Å². The van der Waals surface area contributed by atoms with Crippen LogP contribution >= 0.6 is 11.8 Å². The van der Waals surface area contributed by atoms with Crippen molar-refractivity contribution in [3.8, 4) is 28.6 Å². The van der Waals surface area contributed by atoms with Crippen LogP contribution in [0.5, 0.6) is 5.88 Å². The van der Waals surface area contributed by atoms with Crippen molar-refractivity contribution in [2.45, 2.75) is 160 Å². The Labute approximate surface area is 369 Å². The fraction of sp³-hybridized carbons (Fsp3) is 0.553. The Kier molecular flexibility index (Phi) is 12.0. The Morgan fingerprint density at radius 2 is 1.60 bits per heavy atom. The number of aromatic nitrogens is 3. The molecule has 332 valence electrons. The average molecular weight is 887 g/mol. The highest BCUT2D eigenvalue weighted by Gasteiger charge is 2.54. The molecule has 2 aromatic heterocycles. The van der Waals surface area contributed by atoms with Crippen LogP contribution in [0.2, 0.25) is 16.6 Å². The second-order valence-corrected chi connectivity index (χ2v) is 26.2. The van der Waals surface area contributed by atoms with Crippen LogP contribution in [-0.2, 0) is 9.47 Å². The fourth-order valence-electron chi connectivity index (χ4n) is 10.1. The molecule has 4 atom stereocenters. The van der Waals surface area contributed by atoms with Crippen molar-refractivity contribution >= 4 is 65.2 Å². The van der Waals surface area contributed by atoms with E-state index in [-0.39, 0.29) is 74.7 Å². The number of benzene rings is 2. The Balaban J connectivity index is 1.48. The average Bonchev–Trinajstić information content (AvgIpc) is 3.40. The minimum Gasteiger partial charge on any atom is -0.472 e. The lowest BCUT2D eigenvalue weighted by Crippen LogP contribution is -2.65. The van der Waals surface area contributed by atoms with Crippen LogP contribution in [0.15, 0.2) is 29.4 Å². The summed E-state index contributed by atoms with van der Waals surface area (Å²) in [6, 6.07) is 5.42. The SMILES string of the molecule is CSc1nc2c3c(nc(-c4cc(NC(=O)OC(C)(C)C)cc5ccc(F)c(C#C[Si](C(C)C)(C(C)C)C(C)C)c45)c(F)c3n1)O[C@@H](C)[C@@H]1[C@@H]3CC[C@H](CN21)N3C(=O)OC(C)(C)C. The number of pyridine rings is 1. The Bertz CT molecular complexity index is 2490. The van der Waals surface area contributed by atoms with E-state index in [0.717, 1.165) is 12.8 Å². The van der Waals surface area contributed by atoms with Crippen molar-refractivity contribution in [3.05, 3.63) is 41.5 Å². The highest BCUT2D eigenvalue weighted by atomic mass is 32.2. The number of hydrogen-bond donors (Lipinski definition) is 1. The van der Waals surface area contributed by atoms with Gasteiger partial charge in [0.15, 0.2) is 11.0 Å². The maximum absolute atomic E-state index is 17.9. The molecule has 4 aromatic rings. The number of ether oxygens (including phenoxy) is 3. The molecule has 0 spiro atoms. The van der Waals surface area contributed by atoms with Gasteiger partial charge in [0.1, 0.15) is 53.6 Å². The summed E-state index contributed by atoms with van der Waals surface area (Å²) < 4.78 is 52.6. The number of nitrogens with one attached hydrogen (secondary N) is 1. The molecule has 0 radical (unpaired) electrons. The van der Waals surface area contributed by atoms with Crippen LogP contribution in [0.1, 0.15) is 108 Å². The first kappa shape index (κ1) is 45.3. The molecule has 0 unspecified atom stereocenters. The summed E-state index contributed by atoms with van der Waals surface area (Å²) in [5.41, 5.74) is 3.45. The largest absolute Gasteiger partial charge is 0.472 e. The molecular weight excluding hydrogens is 827 g/mol. The molecule has 2 amide bonds. The predicted molar refractivity (Wildman–Crippen MR) is 246 cm³/mol.